The third-order valence-electron chi connectivity index (χ3n) is 5.33. The Morgan fingerprint density at radius 1 is 0.658 bits per heavy atom. The van der Waals surface area contributed by atoms with E-state index in [1.54, 1.807) is 0 Å². The number of pyridine rings is 2. The van der Waals surface area contributed by atoms with Gasteiger partial charge < -0.3 is 0 Å². The molecule has 0 spiro atoms. The number of hydrogen-bond acceptors (Lipinski definition) is 10. The highest BCUT2D eigenvalue weighted by molar-refractivity contribution is 6.40. The summed E-state index contributed by atoms with van der Waals surface area (Å²) in [6.45, 7) is 0. The van der Waals surface area contributed by atoms with Crippen LogP contribution in [0.4, 0.5) is 22.7 Å². The predicted octanol–water partition coefficient (Wildman–Crippen LogP) is 6.42. The normalized spacial score (nSPS) is 10.7. The summed E-state index contributed by atoms with van der Waals surface area (Å²) >= 11 is 12.9. The summed E-state index contributed by atoms with van der Waals surface area (Å²) in [5.74, 6) is 0. The van der Waals surface area contributed by atoms with Crippen LogP contribution in [-0.2, 0) is 0 Å². The molecule has 190 valence electrons. The van der Waals surface area contributed by atoms with E-state index in [4.69, 9.17) is 23.2 Å². The van der Waals surface area contributed by atoms with Crippen molar-refractivity contribution in [3.63, 3.8) is 0 Å². The van der Waals surface area contributed by atoms with E-state index in [-0.39, 0.29) is 38.1 Å². The second kappa shape index (κ2) is 10.1. The number of halogens is 2. The topological polar surface area (TPSA) is 198 Å². The predicted molar refractivity (Wildman–Crippen MR) is 135 cm³/mol. The van der Waals surface area contributed by atoms with Gasteiger partial charge in [0.15, 0.2) is 0 Å². The summed E-state index contributed by atoms with van der Waals surface area (Å²) in [5.41, 5.74) is -1.86. The van der Waals surface area contributed by atoms with Crippen molar-refractivity contribution in [2.45, 2.75) is 0 Å². The fourth-order valence-corrected chi connectivity index (χ4v) is 4.30. The smallest absolute Gasteiger partial charge is 0.258 e. The number of aromatic nitrogens is 2. The van der Waals surface area contributed by atoms with Crippen LogP contribution in [0.2, 0.25) is 10.0 Å². The zero-order valence-corrected chi connectivity index (χ0v) is 20.0. The van der Waals surface area contributed by atoms with E-state index in [1.165, 1.54) is 30.6 Å². The molecule has 0 saturated carbocycles. The minimum absolute atomic E-state index is 0.0185. The first-order valence-corrected chi connectivity index (χ1v) is 10.9. The summed E-state index contributed by atoms with van der Waals surface area (Å²) in [7, 11) is 0. The highest BCUT2D eigenvalue weighted by atomic mass is 35.5. The second-order valence-electron chi connectivity index (χ2n) is 7.50. The number of nitrogens with zero attached hydrogens (tertiary/aromatic N) is 6. The van der Waals surface area contributed by atoms with Gasteiger partial charge in [0.1, 0.15) is 0 Å². The minimum Gasteiger partial charge on any atom is -0.258 e. The fourth-order valence-electron chi connectivity index (χ4n) is 3.64. The summed E-state index contributed by atoms with van der Waals surface area (Å²) in [4.78, 5) is 50.4. The molecule has 4 rings (SSSR count). The maximum atomic E-state index is 11.6. The van der Waals surface area contributed by atoms with Crippen molar-refractivity contribution in [3.8, 4) is 33.6 Å². The monoisotopic (exact) mass is 556 g/mol. The molecule has 0 unspecified atom stereocenters. The summed E-state index contributed by atoms with van der Waals surface area (Å²) in [6.07, 6.45) is 2.48. The van der Waals surface area contributed by atoms with Gasteiger partial charge in [0.2, 0.25) is 0 Å². The van der Waals surface area contributed by atoms with Gasteiger partial charge in [0.25, 0.3) is 22.7 Å². The Bertz CT molecular complexity index is 1680. The highest BCUT2D eigenvalue weighted by Gasteiger charge is 2.26. The number of nitro benzene ring substituents is 4. The van der Waals surface area contributed by atoms with Gasteiger partial charge in [-0.3, -0.25) is 50.4 Å². The molecule has 0 fully saturated rings. The molecule has 2 aromatic heterocycles. The van der Waals surface area contributed by atoms with Crippen LogP contribution in [0.25, 0.3) is 33.6 Å². The van der Waals surface area contributed by atoms with Crippen molar-refractivity contribution in [2.75, 3.05) is 0 Å². The molecule has 0 N–H and O–H groups in total. The van der Waals surface area contributed by atoms with Crippen molar-refractivity contribution in [3.05, 3.63) is 111 Å². The van der Waals surface area contributed by atoms with Crippen molar-refractivity contribution in [1.29, 1.82) is 0 Å². The van der Waals surface area contributed by atoms with E-state index in [2.05, 4.69) is 9.97 Å². The quantitative estimate of drug-likeness (QED) is 0.180. The highest BCUT2D eigenvalue weighted by Crippen LogP contribution is 2.43. The maximum Gasteiger partial charge on any atom is 0.285 e. The van der Waals surface area contributed by atoms with Crippen LogP contribution in [0.1, 0.15) is 0 Å². The second-order valence-corrected chi connectivity index (χ2v) is 8.29. The van der Waals surface area contributed by atoms with E-state index >= 15 is 0 Å². The molecule has 0 saturated heterocycles. The number of hydrogen-bond donors (Lipinski definition) is 0. The molecule has 0 aliphatic heterocycles. The first kappa shape index (κ1) is 26.0. The molecule has 0 radical (unpaired) electrons. The summed E-state index contributed by atoms with van der Waals surface area (Å²) in [5, 5.41) is 45.3. The van der Waals surface area contributed by atoms with Crippen LogP contribution in [0.15, 0.2) is 60.9 Å². The van der Waals surface area contributed by atoms with Gasteiger partial charge in [-0.1, -0.05) is 23.2 Å². The lowest BCUT2D eigenvalue weighted by Crippen LogP contribution is -1.98. The number of non-ortho nitro benzene ring substituents is 2. The molecule has 0 atom stereocenters. The third kappa shape index (κ3) is 4.80. The van der Waals surface area contributed by atoms with E-state index < -0.39 is 42.4 Å². The molecule has 4 aromatic rings. The Hall–Kier alpha value is -5.08. The zero-order chi connectivity index (χ0) is 27.7. The standard InChI is InChI=1S/C22H10Cl2N6O8/c23-16-10-26-22(15-4-2-13(28(33)34)9-19(15)30(37)38)21(24)20(16)11-5-6-25-17(7-11)14-3-1-12(27(31)32)8-18(14)29(35)36/h1-10H. The Morgan fingerprint density at radius 3 is 1.76 bits per heavy atom. The third-order valence-corrected chi connectivity index (χ3v) is 5.99. The zero-order valence-electron chi connectivity index (χ0n) is 18.5. The lowest BCUT2D eigenvalue weighted by atomic mass is 10.00. The lowest BCUT2D eigenvalue weighted by Gasteiger charge is -2.12. The van der Waals surface area contributed by atoms with Gasteiger partial charge in [-0.05, 0) is 29.8 Å². The molecule has 0 aliphatic carbocycles. The average molecular weight is 557 g/mol. The SMILES string of the molecule is O=[N+]([O-])c1ccc(-c2cc(-c3c(Cl)cnc(-c4ccc([N+](=O)[O-])cc4[N+](=O)[O-])c3Cl)ccn2)c([N+](=O)[O-])c1. The Kier molecular flexibility index (Phi) is 6.92. The molecular formula is C22H10Cl2N6O8. The van der Waals surface area contributed by atoms with Crippen molar-refractivity contribution in [2.24, 2.45) is 0 Å². The molecule has 38 heavy (non-hydrogen) atoms. The van der Waals surface area contributed by atoms with Crippen LogP contribution in [0.5, 0.6) is 0 Å². The molecular weight excluding hydrogens is 547 g/mol. The van der Waals surface area contributed by atoms with Crippen LogP contribution in [0.3, 0.4) is 0 Å². The van der Waals surface area contributed by atoms with Crippen LogP contribution in [-0.4, -0.2) is 29.7 Å². The molecule has 14 nitrogen and oxygen atoms in total. The average Bonchev–Trinajstić information content (AvgIpc) is 2.88. The van der Waals surface area contributed by atoms with E-state index in [9.17, 15) is 40.5 Å². The lowest BCUT2D eigenvalue weighted by molar-refractivity contribution is -0.394. The number of benzene rings is 2. The Balaban J connectivity index is 1.90. The van der Waals surface area contributed by atoms with E-state index in [0.29, 0.717) is 5.56 Å². The molecule has 0 aliphatic rings. The van der Waals surface area contributed by atoms with Crippen LogP contribution >= 0.6 is 23.2 Å². The first-order valence-electron chi connectivity index (χ1n) is 10.2. The molecule has 2 aromatic carbocycles. The van der Waals surface area contributed by atoms with Gasteiger partial charge in [-0.2, -0.15) is 0 Å². The van der Waals surface area contributed by atoms with Gasteiger partial charge in [0, 0.05) is 30.1 Å². The number of nitro groups is 4. The minimum atomic E-state index is -0.813. The van der Waals surface area contributed by atoms with E-state index in [0.717, 1.165) is 30.3 Å². The van der Waals surface area contributed by atoms with Crippen molar-refractivity contribution >= 4 is 46.0 Å². The molecule has 0 amide bonds. The number of rotatable bonds is 7. The van der Waals surface area contributed by atoms with Gasteiger partial charge in [-0.15, -0.1) is 0 Å². The first-order chi connectivity index (χ1) is 18.0. The summed E-state index contributed by atoms with van der Waals surface area (Å²) in [6, 6.07) is 8.94. The van der Waals surface area contributed by atoms with Gasteiger partial charge in [0.05, 0.1) is 64.4 Å². The van der Waals surface area contributed by atoms with Gasteiger partial charge in [-0.25, -0.2) is 0 Å². The van der Waals surface area contributed by atoms with Gasteiger partial charge >= 0.3 is 0 Å². The van der Waals surface area contributed by atoms with Crippen LogP contribution in [0, 0.1) is 40.5 Å². The Morgan fingerprint density at radius 2 is 1.21 bits per heavy atom. The van der Waals surface area contributed by atoms with Crippen LogP contribution < -0.4 is 0 Å². The van der Waals surface area contributed by atoms with E-state index in [1.807, 2.05) is 0 Å². The molecule has 16 heteroatoms. The Labute approximate surface area is 220 Å². The largest absolute Gasteiger partial charge is 0.285 e. The van der Waals surface area contributed by atoms with Crippen molar-refractivity contribution < 1.29 is 19.7 Å². The summed E-state index contributed by atoms with van der Waals surface area (Å²) < 4.78 is 0. The van der Waals surface area contributed by atoms with Crippen molar-refractivity contribution in [1.82, 2.24) is 9.97 Å². The fraction of sp³-hybridized carbons (Fsp3) is 0. The maximum absolute atomic E-state index is 11.6. The molecule has 2 heterocycles. The molecule has 0 bridgehead atoms.